The van der Waals surface area contributed by atoms with Gasteiger partial charge in [0.15, 0.2) is 0 Å². The lowest BCUT2D eigenvalue weighted by Gasteiger charge is -2.23. The maximum absolute atomic E-state index is 12.4. The van der Waals surface area contributed by atoms with Crippen molar-refractivity contribution < 1.29 is 8.42 Å². The number of nitrogen functional groups attached to an aromatic ring is 1. The molecule has 0 fully saturated rings. The summed E-state index contributed by atoms with van der Waals surface area (Å²) in [6.07, 6.45) is 2.79. The summed E-state index contributed by atoms with van der Waals surface area (Å²) in [4.78, 5) is 0.144. The highest BCUT2D eigenvalue weighted by Gasteiger charge is 2.26. The molecule has 1 heterocycles. The van der Waals surface area contributed by atoms with Crippen molar-refractivity contribution in [2.45, 2.75) is 24.8 Å². The van der Waals surface area contributed by atoms with E-state index in [1.54, 1.807) is 13.1 Å². The summed E-state index contributed by atoms with van der Waals surface area (Å²) in [6, 6.07) is 6.89. The molecule has 0 bridgehead atoms. The third-order valence-corrected chi connectivity index (χ3v) is 4.67. The molecule has 21 heavy (non-hydrogen) atoms. The number of nitrogens with zero attached hydrogens (tertiary/aromatic N) is 2. The fourth-order valence-electron chi connectivity index (χ4n) is 2.13. The molecule has 7 heteroatoms. The molecule has 1 aromatic carbocycles. The van der Waals surface area contributed by atoms with Crippen molar-refractivity contribution in [3.05, 3.63) is 42.2 Å². The average Bonchev–Trinajstić information content (AvgIpc) is 2.84. The Kier molecular flexibility index (Phi) is 4.34. The van der Waals surface area contributed by atoms with Crippen LogP contribution in [0, 0.1) is 5.92 Å². The number of aromatic nitrogens is 2. The molecule has 0 aliphatic carbocycles. The monoisotopic (exact) mass is 308 g/mol. The molecule has 0 aliphatic heterocycles. The molecule has 0 saturated carbocycles. The molecule has 0 aliphatic rings. The van der Waals surface area contributed by atoms with Gasteiger partial charge >= 0.3 is 0 Å². The van der Waals surface area contributed by atoms with Crippen molar-refractivity contribution in [3.8, 4) is 0 Å². The number of benzene rings is 1. The van der Waals surface area contributed by atoms with Crippen LogP contribution in [0.3, 0.4) is 0 Å². The van der Waals surface area contributed by atoms with Gasteiger partial charge in [0.05, 0.1) is 12.2 Å². The number of para-hydroxylation sites is 1. The number of nitrogens with one attached hydrogen (secondary N) is 1. The number of rotatable bonds is 5. The third-order valence-electron chi connectivity index (χ3n) is 3.27. The molecule has 1 unspecified atom stereocenters. The van der Waals surface area contributed by atoms with Gasteiger partial charge in [0.2, 0.25) is 10.0 Å². The SMILES string of the molecule is CC(C)C(NS(=O)(=O)c1cnn(C)c1)c1ccccc1N. The van der Waals surface area contributed by atoms with Crippen molar-refractivity contribution in [1.82, 2.24) is 14.5 Å². The molecule has 114 valence electrons. The second-order valence-corrected chi connectivity index (χ2v) is 7.04. The van der Waals surface area contributed by atoms with Crippen molar-refractivity contribution in [1.29, 1.82) is 0 Å². The number of hydrogen-bond donors (Lipinski definition) is 2. The smallest absolute Gasteiger partial charge is 0.244 e. The summed E-state index contributed by atoms with van der Waals surface area (Å²) in [5, 5.41) is 3.90. The minimum absolute atomic E-state index is 0.0566. The average molecular weight is 308 g/mol. The Labute approximate surface area is 125 Å². The van der Waals surface area contributed by atoms with Gasteiger partial charge in [-0.2, -0.15) is 5.10 Å². The summed E-state index contributed by atoms with van der Waals surface area (Å²) in [5.41, 5.74) is 7.32. The topological polar surface area (TPSA) is 90.0 Å². The van der Waals surface area contributed by atoms with Crippen LogP contribution in [0.2, 0.25) is 0 Å². The van der Waals surface area contributed by atoms with E-state index in [1.807, 2.05) is 32.0 Å². The Morgan fingerprint density at radius 3 is 2.48 bits per heavy atom. The van der Waals surface area contributed by atoms with E-state index in [1.165, 1.54) is 17.1 Å². The van der Waals surface area contributed by atoms with E-state index < -0.39 is 16.1 Å². The summed E-state index contributed by atoms with van der Waals surface area (Å²) in [5.74, 6) is 0.0566. The fraction of sp³-hybridized carbons (Fsp3) is 0.357. The molecule has 0 spiro atoms. The lowest BCUT2D eigenvalue weighted by Crippen LogP contribution is -2.32. The second-order valence-electron chi connectivity index (χ2n) is 5.32. The van der Waals surface area contributed by atoms with Crippen LogP contribution in [0.1, 0.15) is 25.5 Å². The highest BCUT2D eigenvalue weighted by atomic mass is 32.2. The van der Waals surface area contributed by atoms with E-state index in [4.69, 9.17) is 5.73 Å². The van der Waals surface area contributed by atoms with E-state index in [-0.39, 0.29) is 10.8 Å². The van der Waals surface area contributed by atoms with E-state index in [0.29, 0.717) is 5.69 Å². The predicted octanol–water partition coefficient (Wildman–Crippen LogP) is 1.68. The molecule has 1 atom stereocenters. The first-order valence-corrected chi connectivity index (χ1v) is 8.15. The lowest BCUT2D eigenvalue weighted by atomic mass is 9.96. The number of sulfonamides is 1. The Hall–Kier alpha value is -1.86. The van der Waals surface area contributed by atoms with Gasteiger partial charge < -0.3 is 5.73 Å². The van der Waals surface area contributed by atoms with Gasteiger partial charge in [-0.3, -0.25) is 4.68 Å². The van der Waals surface area contributed by atoms with Crippen LogP contribution in [0.15, 0.2) is 41.6 Å². The highest BCUT2D eigenvalue weighted by Crippen LogP contribution is 2.28. The van der Waals surface area contributed by atoms with Crippen LogP contribution in [0.5, 0.6) is 0 Å². The normalized spacial score (nSPS) is 13.5. The van der Waals surface area contributed by atoms with Gasteiger partial charge in [0, 0.05) is 18.9 Å². The first-order valence-electron chi connectivity index (χ1n) is 6.66. The zero-order valence-corrected chi connectivity index (χ0v) is 13.1. The minimum atomic E-state index is -3.64. The first-order chi connectivity index (χ1) is 9.81. The quantitative estimate of drug-likeness (QED) is 0.822. The summed E-state index contributed by atoms with van der Waals surface area (Å²) in [6.45, 7) is 3.89. The van der Waals surface area contributed by atoms with E-state index in [0.717, 1.165) is 5.56 Å². The van der Waals surface area contributed by atoms with Crippen LogP contribution in [0.4, 0.5) is 5.69 Å². The number of nitrogens with two attached hydrogens (primary N) is 1. The Morgan fingerprint density at radius 1 is 1.29 bits per heavy atom. The van der Waals surface area contributed by atoms with Crippen molar-refractivity contribution in [3.63, 3.8) is 0 Å². The fourth-order valence-corrected chi connectivity index (χ4v) is 3.47. The van der Waals surface area contributed by atoms with Gasteiger partial charge in [-0.1, -0.05) is 32.0 Å². The van der Waals surface area contributed by atoms with Gasteiger partial charge in [0.25, 0.3) is 0 Å². The van der Waals surface area contributed by atoms with Gasteiger partial charge in [-0.15, -0.1) is 0 Å². The molecule has 3 N–H and O–H groups in total. The summed E-state index contributed by atoms with van der Waals surface area (Å²) >= 11 is 0. The molecule has 6 nitrogen and oxygen atoms in total. The van der Waals surface area contributed by atoms with Gasteiger partial charge in [-0.25, -0.2) is 13.1 Å². The van der Waals surface area contributed by atoms with Crippen LogP contribution in [-0.2, 0) is 17.1 Å². The maximum atomic E-state index is 12.4. The Balaban J connectivity index is 2.35. The van der Waals surface area contributed by atoms with E-state index >= 15 is 0 Å². The van der Waals surface area contributed by atoms with Crippen molar-refractivity contribution >= 4 is 15.7 Å². The van der Waals surface area contributed by atoms with E-state index in [9.17, 15) is 8.42 Å². The van der Waals surface area contributed by atoms with Crippen molar-refractivity contribution in [2.24, 2.45) is 13.0 Å². The summed E-state index contributed by atoms with van der Waals surface area (Å²) < 4.78 is 29.1. The largest absolute Gasteiger partial charge is 0.398 e. The highest BCUT2D eigenvalue weighted by molar-refractivity contribution is 7.89. The molecule has 2 aromatic rings. The van der Waals surface area contributed by atoms with Crippen LogP contribution >= 0.6 is 0 Å². The Bertz CT molecular complexity index is 722. The first kappa shape index (κ1) is 15.5. The molecular weight excluding hydrogens is 288 g/mol. The number of aryl methyl sites for hydroxylation is 1. The number of anilines is 1. The van der Waals surface area contributed by atoms with Crippen LogP contribution in [0.25, 0.3) is 0 Å². The molecule has 0 amide bonds. The standard InChI is InChI=1S/C14H20N4O2S/c1-10(2)14(12-6-4-5-7-13(12)15)17-21(19,20)11-8-16-18(3)9-11/h4-10,14,17H,15H2,1-3H3. The molecule has 1 aromatic heterocycles. The van der Waals surface area contributed by atoms with Crippen LogP contribution < -0.4 is 10.5 Å². The minimum Gasteiger partial charge on any atom is -0.398 e. The Morgan fingerprint density at radius 2 is 1.95 bits per heavy atom. The zero-order chi connectivity index (χ0) is 15.6. The zero-order valence-electron chi connectivity index (χ0n) is 12.3. The number of hydrogen-bond acceptors (Lipinski definition) is 4. The van der Waals surface area contributed by atoms with Gasteiger partial charge in [-0.05, 0) is 17.5 Å². The molecule has 0 saturated heterocycles. The summed E-state index contributed by atoms with van der Waals surface area (Å²) in [7, 11) is -1.96. The molecular formula is C14H20N4O2S. The lowest BCUT2D eigenvalue weighted by molar-refractivity contribution is 0.464. The molecule has 0 radical (unpaired) electrons. The second kappa shape index (κ2) is 5.87. The van der Waals surface area contributed by atoms with Crippen LogP contribution in [-0.4, -0.2) is 18.2 Å². The molecule has 2 rings (SSSR count). The third kappa shape index (κ3) is 3.43. The van der Waals surface area contributed by atoms with Crippen molar-refractivity contribution in [2.75, 3.05) is 5.73 Å². The predicted molar refractivity (Wildman–Crippen MR) is 82.0 cm³/mol. The maximum Gasteiger partial charge on any atom is 0.244 e. The van der Waals surface area contributed by atoms with E-state index in [2.05, 4.69) is 9.82 Å². The van der Waals surface area contributed by atoms with Gasteiger partial charge in [0.1, 0.15) is 4.90 Å².